The fraction of sp³-hybridized carbons (Fsp3) is 0.929. The van der Waals surface area contributed by atoms with Gasteiger partial charge in [0.2, 0.25) is 0 Å². The number of likely N-dealkylation sites (N-methyl/N-ethyl adjacent to an activating group) is 1. The van der Waals surface area contributed by atoms with Crippen molar-refractivity contribution in [1.82, 2.24) is 15.5 Å². The van der Waals surface area contributed by atoms with E-state index in [-0.39, 0.29) is 24.0 Å². The smallest absolute Gasteiger partial charge is 0.191 e. The maximum absolute atomic E-state index is 5.31. The lowest BCUT2D eigenvalue weighted by atomic mass is 10.3. The molecular formula is C14H33IN4O. The molecule has 0 aromatic heterocycles. The Labute approximate surface area is 141 Å². The Morgan fingerprint density at radius 3 is 2.50 bits per heavy atom. The Balaban J connectivity index is 0. The summed E-state index contributed by atoms with van der Waals surface area (Å²) < 4.78 is 5.31. The molecule has 0 aliphatic heterocycles. The SMILES string of the molecule is CCNC(=NCCCCOCC)NCCN(C)CC.I. The molecule has 20 heavy (non-hydrogen) atoms. The lowest BCUT2D eigenvalue weighted by molar-refractivity contribution is 0.144. The van der Waals surface area contributed by atoms with Crippen molar-refractivity contribution < 1.29 is 4.74 Å². The molecule has 0 unspecified atom stereocenters. The Morgan fingerprint density at radius 2 is 1.90 bits per heavy atom. The number of ether oxygens (including phenoxy) is 1. The van der Waals surface area contributed by atoms with Gasteiger partial charge < -0.3 is 20.3 Å². The van der Waals surface area contributed by atoms with Gasteiger partial charge in [-0.05, 0) is 40.3 Å². The zero-order chi connectivity index (χ0) is 14.3. The molecule has 0 saturated carbocycles. The van der Waals surface area contributed by atoms with Crippen LogP contribution in [-0.2, 0) is 4.74 Å². The van der Waals surface area contributed by atoms with Crippen LogP contribution in [0.15, 0.2) is 4.99 Å². The molecule has 122 valence electrons. The van der Waals surface area contributed by atoms with Crippen molar-refractivity contribution in [1.29, 1.82) is 0 Å². The number of halogens is 1. The quantitative estimate of drug-likeness (QED) is 0.241. The second kappa shape index (κ2) is 17.0. The third-order valence-electron chi connectivity index (χ3n) is 2.84. The maximum Gasteiger partial charge on any atom is 0.191 e. The van der Waals surface area contributed by atoms with Gasteiger partial charge >= 0.3 is 0 Å². The van der Waals surface area contributed by atoms with Crippen molar-refractivity contribution in [2.24, 2.45) is 4.99 Å². The van der Waals surface area contributed by atoms with E-state index in [9.17, 15) is 0 Å². The monoisotopic (exact) mass is 400 g/mol. The summed E-state index contributed by atoms with van der Waals surface area (Å²) in [6.45, 7) is 12.7. The van der Waals surface area contributed by atoms with Gasteiger partial charge in [0.25, 0.3) is 0 Å². The van der Waals surface area contributed by atoms with E-state index in [1.54, 1.807) is 0 Å². The third kappa shape index (κ3) is 14.3. The highest BCUT2D eigenvalue weighted by Gasteiger charge is 1.98. The highest BCUT2D eigenvalue weighted by Crippen LogP contribution is 1.91. The molecule has 0 heterocycles. The van der Waals surface area contributed by atoms with Gasteiger partial charge in [-0.25, -0.2) is 0 Å². The Morgan fingerprint density at radius 1 is 1.15 bits per heavy atom. The van der Waals surface area contributed by atoms with E-state index < -0.39 is 0 Å². The molecule has 0 radical (unpaired) electrons. The van der Waals surface area contributed by atoms with Gasteiger partial charge in [0, 0.05) is 39.4 Å². The van der Waals surface area contributed by atoms with Gasteiger partial charge in [-0.3, -0.25) is 4.99 Å². The minimum Gasteiger partial charge on any atom is -0.382 e. The largest absolute Gasteiger partial charge is 0.382 e. The summed E-state index contributed by atoms with van der Waals surface area (Å²) >= 11 is 0. The predicted molar refractivity (Wildman–Crippen MR) is 98.3 cm³/mol. The number of aliphatic imine (C=N–C) groups is 1. The van der Waals surface area contributed by atoms with E-state index in [0.717, 1.165) is 64.7 Å². The Kier molecular flexibility index (Phi) is 18.8. The van der Waals surface area contributed by atoms with Crippen LogP contribution < -0.4 is 10.6 Å². The Bertz CT molecular complexity index is 227. The van der Waals surface area contributed by atoms with Gasteiger partial charge in [-0.2, -0.15) is 0 Å². The summed E-state index contributed by atoms with van der Waals surface area (Å²) in [5, 5.41) is 6.62. The lowest BCUT2D eigenvalue weighted by Gasteiger charge is -2.16. The average molecular weight is 400 g/mol. The molecular weight excluding hydrogens is 367 g/mol. The first kappa shape index (κ1) is 22.2. The molecule has 0 aliphatic carbocycles. The lowest BCUT2D eigenvalue weighted by Crippen LogP contribution is -2.41. The predicted octanol–water partition coefficient (Wildman–Crippen LogP) is 1.93. The minimum absolute atomic E-state index is 0. The van der Waals surface area contributed by atoms with E-state index in [1.165, 1.54) is 0 Å². The van der Waals surface area contributed by atoms with E-state index in [1.807, 2.05) is 6.92 Å². The topological polar surface area (TPSA) is 48.9 Å². The van der Waals surface area contributed by atoms with Crippen molar-refractivity contribution in [3.63, 3.8) is 0 Å². The second-order valence-corrected chi connectivity index (χ2v) is 4.49. The fourth-order valence-corrected chi connectivity index (χ4v) is 1.52. The van der Waals surface area contributed by atoms with E-state index in [2.05, 4.69) is 41.4 Å². The van der Waals surface area contributed by atoms with Crippen LogP contribution in [0.3, 0.4) is 0 Å². The van der Waals surface area contributed by atoms with Crippen molar-refractivity contribution in [2.45, 2.75) is 33.6 Å². The minimum atomic E-state index is 0. The van der Waals surface area contributed by atoms with Crippen LogP contribution in [-0.4, -0.2) is 63.8 Å². The summed E-state index contributed by atoms with van der Waals surface area (Å²) in [5.41, 5.74) is 0. The van der Waals surface area contributed by atoms with Crippen molar-refractivity contribution in [3.8, 4) is 0 Å². The highest BCUT2D eigenvalue weighted by atomic mass is 127. The molecule has 2 N–H and O–H groups in total. The highest BCUT2D eigenvalue weighted by molar-refractivity contribution is 14.0. The molecule has 0 aliphatic rings. The molecule has 5 nitrogen and oxygen atoms in total. The van der Waals surface area contributed by atoms with Gasteiger partial charge in [-0.1, -0.05) is 6.92 Å². The molecule has 0 fully saturated rings. The molecule has 0 atom stereocenters. The molecule has 0 aromatic carbocycles. The summed E-state index contributed by atoms with van der Waals surface area (Å²) in [6, 6.07) is 0. The zero-order valence-corrected chi connectivity index (χ0v) is 15.9. The van der Waals surface area contributed by atoms with E-state index in [0.29, 0.717) is 0 Å². The van der Waals surface area contributed by atoms with E-state index >= 15 is 0 Å². The van der Waals surface area contributed by atoms with Gasteiger partial charge in [-0.15, -0.1) is 24.0 Å². The number of unbranched alkanes of at least 4 members (excludes halogenated alkanes) is 1. The van der Waals surface area contributed by atoms with Crippen LogP contribution in [0.25, 0.3) is 0 Å². The van der Waals surface area contributed by atoms with Crippen molar-refractivity contribution in [3.05, 3.63) is 0 Å². The Hall–Kier alpha value is -0.0800. The first-order chi connectivity index (χ1) is 9.24. The molecule has 0 aromatic rings. The van der Waals surface area contributed by atoms with Crippen LogP contribution in [0.2, 0.25) is 0 Å². The van der Waals surface area contributed by atoms with Crippen molar-refractivity contribution in [2.75, 3.05) is 53.0 Å². The van der Waals surface area contributed by atoms with Crippen LogP contribution in [0, 0.1) is 0 Å². The number of nitrogens with one attached hydrogen (secondary N) is 2. The van der Waals surface area contributed by atoms with Crippen LogP contribution >= 0.6 is 24.0 Å². The number of guanidine groups is 1. The normalized spacial score (nSPS) is 11.3. The molecule has 0 saturated heterocycles. The second-order valence-electron chi connectivity index (χ2n) is 4.49. The number of hydrogen-bond donors (Lipinski definition) is 2. The number of rotatable bonds is 11. The molecule has 6 heteroatoms. The average Bonchev–Trinajstić information content (AvgIpc) is 2.42. The van der Waals surface area contributed by atoms with Crippen molar-refractivity contribution >= 4 is 29.9 Å². The van der Waals surface area contributed by atoms with Crippen LogP contribution in [0.4, 0.5) is 0 Å². The van der Waals surface area contributed by atoms with Crippen LogP contribution in [0.5, 0.6) is 0 Å². The summed E-state index contributed by atoms with van der Waals surface area (Å²) in [4.78, 5) is 6.83. The third-order valence-corrected chi connectivity index (χ3v) is 2.84. The summed E-state index contributed by atoms with van der Waals surface area (Å²) in [5.74, 6) is 0.920. The standard InChI is InChI=1S/C14H32N4O.HI/c1-5-15-14(17-11-12-18(4)6-2)16-10-8-9-13-19-7-3;/h5-13H2,1-4H3,(H2,15,16,17);1H. The molecule has 0 rings (SSSR count). The molecule has 0 spiro atoms. The summed E-state index contributed by atoms with van der Waals surface area (Å²) in [7, 11) is 2.12. The molecule has 0 bridgehead atoms. The number of hydrogen-bond acceptors (Lipinski definition) is 3. The maximum atomic E-state index is 5.31. The first-order valence-corrected chi connectivity index (χ1v) is 7.53. The van der Waals surface area contributed by atoms with E-state index in [4.69, 9.17) is 4.74 Å². The molecule has 0 amide bonds. The fourth-order valence-electron chi connectivity index (χ4n) is 1.52. The van der Waals surface area contributed by atoms with Gasteiger partial charge in [0.05, 0.1) is 0 Å². The van der Waals surface area contributed by atoms with Gasteiger partial charge in [0.1, 0.15) is 0 Å². The zero-order valence-electron chi connectivity index (χ0n) is 13.6. The van der Waals surface area contributed by atoms with Gasteiger partial charge in [0.15, 0.2) is 5.96 Å². The first-order valence-electron chi connectivity index (χ1n) is 7.53. The number of nitrogens with zero attached hydrogens (tertiary/aromatic N) is 2. The summed E-state index contributed by atoms with van der Waals surface area (Å²) in [6.07, 6.45) is 2.15. The van der Waals surface area contributed by atoms with Crippen LogP contribution in [0.1, 0.15) is 33.6 Å².